The second kappa shape index (κ2) is 7.48. The largest absolute Gasteiger partial charge is 0.465 e. The minimum absolute atomic E-state index is 0. The zero-order valence-electron chi connectivity index (χ0n) is 10.5. The molecule has 0 spiro atoms. The number of methoxy groups -OCH3 is 2. The van der Waals surface area contributed by atoms with Gasteiger partial charge in [0.1, 0.15) is 4.90 Å². The molecule has 1 radical (unpaired) electrons. The van der Waals surface area contributed by atoms with E-state index < -0.39 is 38.1 Å². The number of rotatable bonds is 3. The van der Waals surface area contributed by atoms with Gasteiger partial charge in [0, 0.05) is 51.4 Å². The molecule has 7 nitrogen and oxygen atoms in total. The Labute approximate surface area is 152 Å². The Morgan fingerprint density at radius 3 is 1.68 bits per heavy atom. The third-order valence-corrected chi connectivity index (χ3v) is 3.04. The first-order valence-corrected chi connectivity index (χ1v) is 6.04. The molecule has 0 aliphatic heterocycles. The number of esters is 2. The summed E-state index contributed by atoms with van der Waals surface area (Å²) < 4.78 is 40.4. The first-order valence-electron chi connectivity index (χ1n) is 4.60. The molecule has 1 rings (SSSR count). The van der Waals surface area contributed by atoms with Gasteiger partial charge >= 0.3 is 11.9 Å². The van der Waals surface area contributed by atoms with E-state index in [0.717, 1.165) is 26.4 Å². The third-order valence-electron chi connectivity index (χ3n) is 2.08. The second-order valence-electron chi connectivity index (χ2n) is 3.14. The maximum atomic E-state index is 11.4. The van der Waals surface area contributed by atoms with Crippen LogP contribution in [0.5, 0.6) is 0 Å². The number of benzene rings is 1. The minimum Gasteiger partial charge on any atom is -0.465 e. The fourth-order valence-electron chi connectivity index (χ4n) is 1.36. The van der Waals surface area contributed by atoms with Gasteiger partial charge in [0.2, 0.25) is 0 Å². The van der Waals surface area contributed by atoms with Gasteiger partial charge in [-0.05, 0) is 12.1 Å². The molecule has 0 aromatic heterocycles. The van der Waals surface area contributed by atoms with Gasteiger partial charge in [-0.15, -0.1) is 0 Å². The number of hydrogen-bond donors (Lipinski definition) is 1. The summed E-state index contributed by atoms with van der Waals surface area (Å²) in [6.07, 6.45) is 0. The molecule has 1 aromatic carbocycles. The standard InChI is InChI=1S/C10H10O7S.K/c1-16-9(11)6-4-3-5-7(10(12)17-2)8(6)18(13,14)15;/h3-5H,1-2H3,(H,13,14,15);. The van der Waals surface area contributed by atoms with Gasteiger partial charge in [0.25, 0.3) is 10.1 Å². The fraction of sp³-hybridized carbons (Fsp3) is 0.200. The topological polar surface area (TPSA) is 107 Å². The predicted molar refractivity (Wildman–Crippen MR) is 64.7 cm³/mol. The van der Waals surface area contributed by atoms with E-state index in [1.807, 2.05) is 0 Å². The zero-order valence-corrected chi connectivity index (χ0v) is 14.5. The summed E-state index contributed by atoms with van der Waals surface area (Å²) in [6, 6.07) is 3.50. The first kappa shape index (κ1) is 18.7. The number of carbonyl (C=O) groups excluding carboxylic acids is 2. The van der Waals surface area contributed by atoms with E-state index in [1.54, 1.807) is 0 Å². The summed E-state index contributed by atoms with van der Waals surface area (Å²) in [7, 11) is -2.69. The van der Waals surface area contributed by atoms with Crippen LogP contribution in [-0.2, 0) is 19.6 Å². The Balaban J connectivity index is 0.00000324. The van der Waals surface area contributed by atoms with E-state index in [-0.39, 0.29) is 51.4 Å². The van der Waals surface area contributed by atoms with Crippen molar-refractivity contribution >= 4 is 73.4 Å². The van der Waals surface area contributed by atoms with Crippen molar-refractivity contribution in [3.63, 3.8) is 0 Å². The van der Waals surface area contributed by atoms with Crippen LogP contribution in [0.15, 0.2) is 23.1 Å². The maximum Gasteiger partial charge on any atom is 0.339 e. The molecule has 0 aliphatic rings. The summed E-state index contributed by atoms with van der Waals surface area (Å²) in [5.74, 6) is -1.98. The van der Waals surface area contributed by atoms with E-state index in [1.165, 1.54) is 6.07 Å². The van der Waals surface area contributed by atoms with Crippen molar-refractivity contribution in [2.75, 3.05) is 14.2 Å². The van der Waals surface area contributed by atoms with Crippen LogP contribution in [0.25, 0.3) is 0 Å². The summed E-state index contributed by atoms with van der Waals surface area (Å²) in [5.41, 5.74) is -0.884. The van der Waals surface area contributed by atoms with Crippen LogP contribution >= 0.6 is 0 Å². The Morgan fingerprint density at radius 1 is 1.05 bits per heavy atom. The van der Waals surface area contributed by atoms with Crippen LogP contribution in [0.3, 0.4) is 0 Å². The van der Waals surface area contributed by atoms with Gasteiger partial charge in [-0.1, -0.05) is 6.07 Å². The van der Waals surface area contributed by atoms with Crippen LogP contribution in [0.2, 0.25) is 0 Å². The maximum absolute atomic E-state index is 11.4. The molecular weight excluding hydrogens is 303 g/mol. The van der Waals surface area contributed by atoms with Gasteiger partial charge in [0.15, 0.2) is 0 Å². The van der Waals surface area contributed by atoms with E-state index in [2.05, 4.69) is 9.47 Å². The molecule has 19 heavy (non-hydrogen) atoms. The molecule has 0 bridgehead atoms. The van der Waals surface area contributed by atoms with E-state index in [4.69, 9.17) is 4.55 Å². The third kappa shape index (κ3) is 4.34. The molecule has 0 saturated carbocycles. The molecule has 0 saturated heterocycles. The molecule has 0 aliphatic carbocycles. The summed E-state index contributed by atoms with van der Waals surface area (Å²) in [6.45, 7) is 0. The number of hydrogen-bond acceptors (Lipinski definition) is 6. The Morgan fingerprint density at radius 2 is 1.42 bits per heavy atom. The van der Waals surface area contributed by atoms with Gasteiger partial charge in [-0.25, -0.2) is 9.59 Å². The number of ether oxygens (including phenoxy) is 2. The Kier molecular flexibility index (Phi) is 7.36. The Hall–Kier alpha value is -0.294. The molecule has 0 atom stereocenters. The number of carbonyl (C=O) groups is 2. The Bertz CT molecular complexity index is 560. The van der Waals surface area contributed by atoms with Crippen LogP contribution in [0.1, 0.15) is 20.7 Å². The van der Waals surface area contributed by atoms with Crippen molar-refractivity contribution in [2.45, 2.75) is 4.90 Å². The van der Waals surface area contributed by atoms with Crippen molar-refractivity contribution in [3.05, 3.63) is 29.3 Å². The average Bonchev–Trinajstić information content (AvgIpc) is 2.34. The average molecular weight is 313 g/mol. The van der Waals surface area contributed by atoms with E-state index in [0.29, 0.717) is 0 Å². The van der Waals surface area contributed by atoms with Gasteiger partial charge in [0.05, 0.1) is 25.3 Å². The molecule has 0 heterocycles. The molecule has 0 fully saturated rings. The molecule has 0 amide bonds. The van der Waals surface area contributed by atoms with Gasteiger partial charge < -0.3 is 9.47 Å². The molecule has 0 unspecified atom stereocenters. The quantitative estimate of drug-likeness (QED) is 0.480. The van der Waals surface area contributed by atoms with Crippen molar-refractivity contribution in [2.24, 2.45) is 0 Å². The van der Waals surface area contributed by atoms with Crippen molar-refractivity contribution in [3.8, 4) is 0 Å². The van der Waals surface area contributed by atoms with Crippen LogP contribution < -0.4 is 0 Å². The fourth-order valence-corrected chi connectivity index (χ4v) is 2.21. The molecule has 1 aromatic rings. The molecule has 9 heteroatoms. The summed E-state index contributed by atoms with van der Waals surface area (Å²) >= 11 is 0. The molecular formula is C10H10KO7S. The van der Waals surface area contributed by atoms with Crippen molar-refractivity contribution in [1.29, 1.82) is 0 Å². The van der Waals surface area contributed by atoms with Gasteiger partial charge in [-0.3, -0.25) is 4.55 Å². The summed E-state index contributed by atoms with van der Waals surface area (Å²) in [5, 5.41) is 0. The molecule has 99 valence electrons. The van der Waals surface area contributed by atoms with Crippen LogP contribution in [-0.4, -0.2) is 90.5 Å². The minimum atomic E-state index is -4.78. The van der Waals surface area contributed by atoms with Crippen LogP contribution in [0, 0.1) is 0 Å². The van der Waals surface area contributed by atoms with E-state index in [9.17, 15) is 18.0 Å². The smallest absolute Gasteiger partial charge is 0.339 e. The van der Waals surface area contributed by atoms with Crippen molar-refractivity contribution < 1.29 is 32.0 Å². The van der Waals surface area contributed by atoms with Crippen molar-refractivity contribution in [1.82, 2.24) is 0 Å². The SMILES string of the molecule is COC(=O)c1cccc(C(=O)OC)c1S(=O)(=O)O.[K]. The van der Waals surface area contributed by atoms with Gasteiger partial charge in [-0.2, -0.15) is 8.42 Å². The monoisotopic (exact) mass is 313 g/mol. The van der Waals surface area contributed by atoms with E-state index >= 15 is 0 Å². The zero-order chi connectivity index (χ0) is 13.9. The predicted octanol–water partition coefficient (Wildman–Crippen LogP) is 0.126. The van der Waals surface area contributed by atoms with Crippen LogP contribution in [0.4, 0.5) is 0 Å². The molecule has 1 N–H and O–H groups in total. The normalized spacial score (nSPS) is 10.3. The second-order valence-corrected chi connectivity index (χ2v) is 4.50. The first-order chi connectivity index (χ1) is 8.32. The summed E-state index contributed by atoms with van der Waals surface area (Å²) in [4.78, 5) is 22.0.